The zero-order valence-electron chi connectivity index (χ0n) is 23.1. The van der Waals surface area contributed by atoms with Crippen molar-refractivity contribution in [3.05, 3.63) is 59.3 Å². The molecule has 2 saturated heterocycles. The van der Waals surface area contributed by atoms with Gasteiger partial charge in [-0.3, -0.25) is 14.4 Å². The second kappa shape index (κ2) is 10.0. The van der Waals surface area contributed by atoms with Gasteiger partial charge in [0.2, 0.25) is 5.91 Å². The molecule has 4 heterocycles. The van der Waals surface area contributed by atoms with Crippen LogP contribution >= 0.6 is 0 Å². The number of para-hydroxylation sites is 1. The second-order valence-corrected chi connectivity index (χ2v) is 11.4. The van der Waals surface area contributed by atoms with Gasteiger partial charge in [0, 0.05) is 62.7 Å². The lowest BCUT2D eigenvalue weighted by Gasteiger charge is -2.44. The number of likely N-dealkylation sites (tertiary alicyclic amines) is 1. The van der Waals surface area contributed by atoms with E-state index in [2.05, 4.69) is 33.7 Å². The quantitative estimate of drug-likeness (QED) is 0.505. The first-order valence-corrected chi connectivity index (χ1v) is 14.4. The maximum Gasteiger partial charge on any atom is 0.272 e. The number of hydrogen-bond acceptors (Lipinski definition) is 7. The molecule has 1 saturated carbocycles. The zero-order chi connectivity index (χ0) is 28.1. The van der Waals surface area contributed by atoms with Gasteiger partial charge in [-0.05, 0) is 48.6 Å². The smallest absolute Gasteiger partial charge is 0.272 e. The van der Waals surface area contributed by atoms with E-state index in [4.69, 9.17) is 14.5 Å². The summed E-state index contributed by atoms with van der Waals surface area (Å²) in [5.41, 5.74) is 3.67. The molecule has 2 aromatic carbocycles. The van der Waals surface area contributed by atoms with E-state index in [9.17, 15) is 14.4 Å². The average molecular weight is 556 g/mol. The predicted molar refractivity (Wildman–Crippen MR) is 153 cm³/mol. The number of ether oxygens (including phenoxy) is 2. The Kier molecular flexibility index (Phi) is 6.30. The Morgan fingerprint density at radius 3 is 2.56 bits per heavy atom. The summed E-state index contributed by atoms with van der Waals surface area (Å²) in [6.45, 7) is 5.14. The van der Waals surface area contributed by atoms with Gasteiger partial charge >= 0.3 is 0 Å². The number of fused-ring (bicyclic) bond motifs is 2. The highest BCUT2D eigenvalue weighted by molar-refractivity contribution is 6.02. The highest BCUT2D eigenvalue weighted by atomic mass is 16.5. The summed E-state index contributed by atoms with van der Waals surface area (Å²) < 4.78 is 11.9. The van der Waals surface area contributed by atoms with E-state index in [0.717, 1.165) is 42.5 Å². The van der Waals surface area contributed by atoms with Crippen molar-refractivity contribution < 1.29 is 23.9 Å². The number of hydrogen-bond donors (Lipinski definition) is 2. The van der Waals surface area contributed by atoms with Crippen LogP contribution in [0.1, 0.15) is 64.9 Å². The zero-order valence-corrected chi connectivity index (χ0v) is 23.1. The molecule has 41 heavy (non-hydrogen) atoms. The minimum Gasteiger partial charge on any atom is -0.467 e. The Morgan fingerprint density at radius 1 is 1.05 bits per heavy atom. The number of carbonyl (C=O) groups excluding carboxylic acids is 3. The van der Waals surface area contributed by atoms with Gasteiger partial charge in [0.1, 0.15) is 11.4 Å². The van der Waals surface area contributed by atoms with Crippen molar-refractivity contribution in [1.29, 1.82) is 0 Å². The maximum atomic E-state index is 13.9. The Hall–Kier alpha value is -4.18. The lowest BCUT2D eigenvalue weighted by Crippen LogP contribution is -2.61. The molecule has 0 unspecified atom stereocenters. The van der Waals surface area contributed by atoms with Crippen LogP contribution in [0.4, 0.5) is 11.4 Å². The number of aromatic nitrogens is 1. The summed E-state index contributed by atoms with van der Waals surface area (Å²) in [7, 11) is 0. The highest BCUT2D eigenvalue weighted by Gasteiger charge is 2.43. The number of piperidine rings is 1. The second-order valence-electron chi connectivity index (χ2n) is 11.4. The van der Waals surface area contributed by atoms with Gasteiger partial charge in [-0.1, -0.05) is 18.2 Å². The van der Waals surface area contributed by atoms with Crippen LogP contribution in [-0.2, 0) is 9.53 Å². The first kappa shape index (κ1) is 25.8. The van der Waals surface area contributed by atoms with Crippen LogP contribution in [0.15, 0.2) is 42.5 Å². The molecule has 212 valence electrons. The average Bonchev–Trinajstić information content (AvgIpc) is 3.83. The fourth-order valence-corrected chi connectivity index (χ4v) is 6.20. The van der Waals surface area contributed by atoms with E-state index in [0.29, 0.717) is 67.8 Å². The molecule has 3 aliphatic heterocycles. The monoisotopic (exact) mass is 555 g/mol. The van der Waals surface area contributed by atoms with Gasteiger partial charge in [-0.2, -0.15) is 0 Å². The molecule has 2 N–H and O–H groups in total. The van der Waals surface area contributed by atoms with Gasteiger partial charge in [-0.25, -0.2) is 4.98 Å². The highest BCUT2D eigenvalue weighted by Crippen LogP contribution is 2.44. The number of anilines is 2. The van der Waals surface area contributed by atoms with E-state index < -0.39 is 5.72 Å². The molecule has 0 radical (unpaired) electrons. The Bertz CT molecular complexity index is 1550. The van der Waals surface area contributed by atoms with E-state index in [1.165, 1.54) is 12.5 Å². The molecular weight excluding hydrogens is 522 g/mol. The first-order chi connectivity index (χ1) is 19.9. The lowest BCUT2D eigenvalue weighted by atomic mass is 9.96. The molecule has 7 rings (SSSR count). The SMILES string of the molecule is CC(=O)Nc1ccc2c(c1)C(=O)NC1(CCN(C(=O)c3cc(N4CCOCC4)c4cccc(C5CC5)c4n3)CC1)O2. The Morgan fingerprint density at radius 2 is 1.83 bits per heavy atom. The summed E-state index contributed by atoms with van der Waals surface area (Å²) in [5, 5.41) is 6.81. The van der Waals surface area contributed by atoms with Crippen molar-refractivity contribution in [2.45, 2.75) is 44.2 Å². The molecule has 0 bridgehead atoms. The van der Waals surface area contributed by atoms with Crippen molar-refractivity contribution in [2.75, 3.05) is 49.6 Å². The normalized spacial score (nSPS) is 19.9. The number of carbonyl (C=O) groups is 3. The van der Waals surface area contributed by atoms with Crippen molar-refractivity contribution in [1.82, 2.24) is 15.2 Å². The van der Waals surface area contributed by atoms with E-state index >= 15 is 0 Å². The van der Waals surface area contributed by atoms with Gasteiger partial charge in [0.25, 0.3) is 11.8 Å². The lowest BCUT2D eigenvalue weighted by molar-refractivity contribution is -0.114. The van der Waals surface area contributed by atoms with Gasteiger partial charge in [-0.15, -0.1) is 0 Å². The van der Waals surface area contributed by atoms with E-state index in [1.807, 2.05) is 11.0 Å². The molecule has 3 fully saturated rings. The van der Waals surface area contributed by atoms with Gasteiger partial charge < -0.3 is 29.9 Å². The third kappa shape index (κ3) is 4.86. The fourth-order valence-electron chi connectivity index (χ4n) is 6.20. The third-order valence-electron chi connectivity index (χ3n) is 8.49. The Labute approximate surface area is 238 Å². The molecule has 10 nitrogen and oxygen atoms in total. The summed E-state index contributed by atoms with van der Waals surface area (Å²) in [5.74, 6) is 0.411. The topological polar surface area (TPSA) is 113 Å². The molecule has 10 heteroatoms. The van der Waals surface area contributed by atoms with Crippen LogP contribution < -0.4 is 20.3 Å². The number of morpholine rings is 1. The van der Waals surface area contributed by atoms with Crippen LogP contribution in [0.2, 0.25) is 0 Å². The third-order valence-corrected chi connectivity index (χ3v) is 8.49. The summed E-state index contributed by atoms with van der Waals surface area (Å²) in [6, 6.07) is 13.3. The van der Waals surface area contributed by atoms with Crippen molar-refractivity contribution in [2.24, 2.45) is 0 Å². The summed E-state index contributed by atoms with van der Waals surface area (Å²) >= 11 is 0. The molecule has 4 aliphatic rings. The minimum atomic E-state index is -0.884. The van der Waals surface area contributed by atoms with E-state index in [-0.39, 0.29) is 17.7 Å². The minimum absolute atomic E-state index is 0.107. The predicted octanol–water partition coefficient (Wildman–Crippen LogP) is 3.66. The van der Waals surface area contributed by atoms with Gasteiger partial charge in [0.15, 0.2) is 5.72 Å². The number of amides is 3. The molecule has 0 atom stereocenters. The van der Waals surface area contributed by atoms with Crippen LogP contribution in [0, 0.1) is 0 Å². The summed E-state index contributed by atoms with van der Waals surface area (Å²) in [6.07, 6.45) is 3.22. The first-order valence-electron chi connectivity index (χ1n) is 14.4. The number of nitrogens with zero attached hydrogens (tertiary/aromatic N) is 3. The number of benzene rings is 2. The maximum absolute atomic E-state index is 13.9. The molecule has 1 spiro atoms. The van der Waals surface area contributed by atoms with Gasteiger partial charge in [0.05, 0.1) is 24.3 Å². The Balaban J connectivity index is 1.13. The number of nitrogens with one attached hydrogen (secondary N) is 2. The van der Waals surface area contributed by atoms with Crippen LogP contribution in [0.3, 0.4) is 0 Å². The number of rotatable bonds is 4. The molecule has 3 amide bonds. The molecule has 1 aliphatic carbocycles. The standard InChI is InChI=1S/C31H33N5O5/c1-19(37)32-21-7-8-27-24(17-21)29(38)34-31(41-27)9-11-36(12-10-31)30(39)25-18-26(35-13-15-40-16-14-35)23-4-2-3-22(20-5-6-20)28(23)33-25/h2-4,7-8,17-18,20H,5-6,9-16H2,1H3,(H,32,37)(H,34,38). The van der Waals surface area contributed by atoms with Crippen molar-refractivity contribution >= 4 is 40.0 Å². The molecular formula is C31H33N5O5. The van der Waals surface area contributed by atoms with Crippen LogP contribution in [-0.4, -0.2) is 72.7 Å². The largest absolute Gasteiger partial charge is 0.467 e. The fraction of sp³-hybridized carbons (Fsp3) is 0.419. The van der Waals surface area contributed by atoms with Crippen LogP contribution in [0.25, 0.3) is 10.9 Å². The van der Waals surface area contributed by atoms with Crippen LogP contribution in [0.5, 0.6) is 5.75 Å². The van der Waals surface area contributed by atoms with E-state index in [1.54, 1.807) is 18.2 Å². The number of pyridine rings is 1. The molecule has 1 aromatic heterocycles. The van der Waals surface area contributed by atoms with Crippen molar-refractivity contribution in [3.63, 3.8) is 0 Å². The summed E-state index contributed by atoms with van der Waals surface area (Å²) in [4.78, 5) is 47.4. The van der Waals surface area contributed by atoms with Crippen molar-refractivity contribution in [3.8, 4) is 5.75 Å². The molecule has 3 aromatic rings.